The first-order valence-electron chi connectivity index (χ1n) is 10.4. The van der Waals surface area contributed by atoms with Gasteiger partial charge in [-0.1, -0.05) is 69.3 Å². The number of ether oxygens (including phenoxy) is 2. The predicted octanol–water partition coefficient (Wildman–Crippen LogP) is 5.90. The summed E-state index contributed by atoms with van der Waals surface area (Å²) in [5.74, 6) is -2.04. The van der Waals surface area contributed by atoms with Gasteiger partial charge >= 0.3 is 17.9 Å². The highest BCUT2D eigenvalue weighted by Gasteiger charge is 2.23. The molecular formula is C27H26O5. The van der Waals surface area contributed by atoms with Crippen molar-refractivity contribution in [3.05, 3.63) is 107 Å². The molecule has 0 saturated heterocycles. The molecule has 0 N–H and O–H groups in total. The van der Waals surface area contributed by atoms with Gasteiger partial charge in [-0.25, -0.2) is 14.4 Å². The fourth-order valence-electron chi connectivity index (χ4n) is 3.21. The van der Waals surface area contributed by atoms with Gasteiger partial charge in [0, 0.05) is 5.56 Å². The largest absolute Gasteiger partial charge is 0.454 e. The molecule has 0 radical (unpaired) electrons. The van der Waals surface area contributed by atoms with Gasteiger partial charge in [0.15, 0.2) is 0 Å². The summed E-state index contributed by atoms with van der Waals surface area (Å²) in [5, 5.41) is 0. The summed E-state index contributed by atoms with van der Waals surface area (Å²) >= 11 is 0. The van der Waals surface area contributed by atoms with E-state index in [9.17, 15) is 14.4 Å². The third-order valence-electron chi connectivity index (χ3n) is 5.08. The Labute approximate surface area is 188 Å². The van der Waals surface area contributed by atoms with E-state index in [1.807, 2.05) is 12.1 Å². The van der Waals surface area contributed by atoms with Gasteiger partial charge in [0.05, 0.1) is 16.7 Å². The Morgan fingerprint density at radius 2 is 1.25 bits per heavy atom. The second-order valence-electron chi connectivity index (χ2n) is 8.51. The predicted molar refractivity (Wildman–Crippen MR) is 122 cm³/mol. The number of carbonyl (C=O) groups is 3. The molecule has 32 heavy (non-hydrogen) atoms. The van der Waals surface area contributed by atoms with Gasteiger partial charge in [0.1, 0.15) is 6.10 Å². The van der Waals surface area contributed by atoms with Crippen LogP contribution in [0.4, 0.5) is 0 Å². The van der Waals surface area contributed by atoms with E-state index in [4.69, 9.17) is 9.47 Å². The minimum Gasteiger partial charge on any atom is -0.454 e. The van der Waals surface area contributed by atoms with Crippen LogP contribution in [-0.4, -0.2) is 17.9 Å². The summed E-state index contributed by atoms with van der Waals surface area (Å²) < 4.78 is 10.6. The highest BCUT2D eigenvalue weighted by Crippen LogP contribution is 2.25. The van der Waals surface area contributed by atoms with Gasteiger partial charge in [-0.15, -0.1) is 0 Å². The van der Waals surface area contributed by atoms with Crippen LogP contribution < -0.4 is 0 Å². The molecule has 1 unspecified atom stereocenters. The van der Waals surface area contributed by atoms with Crippen molar-refractivity contribution in [2.75, 3.05) is 0 Å². The quantitative estimate of drug-likeness (QED) is 0.372. The molecule has 5 nitrogen and oxygen atoms in total. The summed E-state index contributed by atoms with van der Waals surface area (Å²) in [4.78, 5) is 37.6. The Morgan fingerprint density at radius 1 is 0.688 bits per heavy atom. The highest BCUT2D eigenvalue weighted by molar-refractivity contribution is 6.03. The second kappa shape index (κ2) is 9.60. The fourth-order valence-corrected chi connectivity index (χ4v) is 3.21. The SMILES string of the molecule is CC(OC(=O)c1ccccc1)c1ccccc1C(=O)OC(=O)c1ccc(C(C)(C)C)cc1. The van der Waals surface area contributed by atoms with Gasteiger partial charge < -0.3 is 9.47 Å². The lowest BCUT2D eigenvalue weighted by atomic mass is 9.87. The van der Waals surface area contributed by atoms with Crippen LogP contribution in [0.15, 0.2) is 78.9 Å². The molecule has 0 aliphatic heterocycles. The molecule has 0 aliphatic rings. The van der Waals surface area contributed by atoms with Crippen LogP contribution >= 0.6 is 0 Å². The van der Waals surface area contributed by atoms with Crippen LogP contribution in [0, 0.1) is 0 Å². The van der Waals surface area contributed by atoms with Gasteiger partial charge in [-0.3, -0.25) is 0 Å². The molecule has 0 fully saturated rings. The average molecular weight is 431 g/mol. The van der Waals surface area contributed by atoms with E-state index in [1.54, 1.807) is 73.7 Å². The van der Waals surface area contributed by atoms with Gasteiger partial charge in [0.25, 0.3) is 0 Å². The van der Waals surface area contributed by atoms with E-state index >= 15 is 0 Å². The van der Waals surface area contributed by atoms with E-state index in [-0.39, 0.29) is 16.5 Å². The summed E-state index contributed by atoms with van der Waals surface area (Å²) in [6, 6.07) is 22.2. The normalized spacial score (nSPS) is 12.0. The summed E-state index contributed by atoms with van der Waals surface area (Å²) in [6.45, 7) is 7.89. The zero-order chi connectivity index (χ0) is 23.3. The van der Waals surface area contributed by atoms with Crippen LogP contribution in [0.3, 0.4) is 0 Å². The molecule has 0 saturated carbocycles. The van der Waals surface area contributed by atoms with E-state index in [2.05, 4.69) is 20.8 Å². The molecule has 3 rings (SSSR count). The first kappa shape index (κ1) is 22.9. The third-order valence-corrected chi connectivity index (χ3v) is 5.08. The first-order chi connectivity index (χ1) is 15.2. The second-order valence-corrected chi connectivity index (χ2v) is 8.51. The maximum atomic E-state index is 12.8. The standard InChI is InChI=1S/C27H26O5/c1-18(31-24(28)19-10-6-5-7-11-19)22-12-8-9-13-23(22)26(30)32-25(29)20-14-16-21(17-15-20)27(2,3)4/h5-18H,1-4H3. The minimum atomic E-state index is -0.798. The zero-order valence-corrected chi connectivity index (χ0v) is 18.6. The third kappa shape index (κ3) is 5.49. The van der Waals surface area contributed by atoms with Crippen molar-refractivity contribution < 1.29 is 23.9 Å². The maximum Gasteiger partial charge on any atom is 0.346 e. The van der Waals surface area contributed by atoms with Crippen LogP contribution in [0.5, 0.6) is 0 Å². The number of hydrogen-bond donors (Lipinski definition) is 0. The number of benzene rings is 3. The molecule has 3 aromatic rings. The summed E-state index contributed by atoms with van der Waals surface area (Å²) in [6.07, 6.45) is -0.715. The van der Waals surface area contributed by atoms with E-state index < -0.39 is 24.0 Å². The van der Waals surface area contributed by atoms with E-state index in [0.29, 0.717) is 11.1 Å². The van der Waals surface area contributed by atoms with Gasteiger partial charge in [-0.05, 0) is 48.2 Å². The Morgan fingerprint density at radius 3 is 1.88 bits per heavy atom. The van der Waals surface area contributed by atoms with Gasteiger partial charge in [-0.2, -0.15) is 0 Å². The molecule has 0 aromatic heterocycles. The van der Waals surface area contributed by atoms with Crippen molar-refractivity contribution in [1.29, 1.82) is 0 Å². The first-order valence-corrected chi connectivity index (χ1v) is 10.4. The van der Waals surface area contributed by atoms with Crippen LogP contribution in [0.25, 0.3) is 0 Å². The molecule has 1 atom stereocenters. The lowest BCUT2D eigenvalue weighted by molar-refractivity contribution is 0.0312. The molecule has 0 spiro atoms. The van der Waals surface area contributed by atoms with Crippen LogP contribution in [0.2, 0.25) is 0 Å². The van der Waals surface area contributed by atoms with E-state index in [1.165, 1.54) is 0 Å². The number of carbonyl (C=O) groups excluding carboxylic acids is 3. The van der Waals surface area contributed by atoms with E-state index in [0.717, 1.165) is 5.56 Å². The smallest absolute Gasteiger partial charge is 0.346 e. The Balaban J connectivity index is 1.73. The number of rotatable bonds is 5. The van der Waals surface area contributed by atoms with Crippen molar-refractivity contribution in [3.8, 4) is 0 Å². The summed E-state index contributed by atoms with van der Waals surface area (Å²) in [7, 11) is 0. The lowest BCUT2D eigenvalue weighted by Gasteiger charge is -2.19. The van der Waals surface area contributed by atoms with Crippen molar-refractivity contribution in [2.45, 2.75) is 39.2 Å². The number of hydrogen-bond acceptors (Lipinski definition) is 5. The Hall–Kier alpha value is -3.73. The van der Waals surface area contributed by atoms with Crippen molar-refractivity contribution in [2.24, 2.45) is 0 Å². The Kier molecular flexibility index (Phi) is 6.89. The van der Waals surface area contributed by atoms with Gasteiger partial charge in [0.2, 0.25) is 0 Å². The monoisotopic (exact) mass is 430 g/mol. The molecule has 3 aromatic carbocycles. The molecule has 0 bridgehead atoms. The molecule has 0 heterocycles. The Bertz CT molecular complexity index is 1110. The molecule has 164 valence electrons. The van der Waals surface area contributed by atoms with Crippen LogP contribution in [-0.2, 0) is 14.9 Å². The highest BCUT2D eigenvalue weighted by atomic mass is 16.6. The zero-order valence-electron chi connectivity index (χ0n) is 18.6. The fraction of sp³-hybridized carbons (Fsp3) is 0.222. The molecule has 5 heteroatoms. The topological polar surface area (TPSA) is 69.7 Å². The molecule has 0 amide bonds. The molecular weight excluding hydrogens is 404 g/mol. The average Bonchev–Trinajstić information content (AvgIpc) is 2.79. The van der Waals surface area contributed by atoms with Crippen molar-refractivity contribution >= 4 is 17.9 Å². The minimum absolute atomic E-state index is 0.0511. The summed E-state index contributed by atoms with van der Waals surface area (Å²) in [5.41, 5.74) is 2.34. The van der Waals surface area contributed by atoms with Crippen molar-refractivity contribution in [3.63, 3.8) is 0 Å². The van der Waals surface area contributed by atoms with Crippen molar-refractivity contribution in [1.82, 2.24) is 0 Å². The number of esters is 3. The maximum absolute atomic E-state index is 12.8. The molecule has 0 aliphatic carbocycles. The lowest BCUT2D eigenvalue weighted by Crippen LogP contribution is -2.17. The van der Waals surface area contributed by atoms with Crippen LogP contribution in [0.1, 0.15) is 76.0 Å².